The van der Waals surface area contributed by atoms with Crippen LogP contribution in [0.1, 0.15) is 21.9 Å². The van der Waals surface area contributed by atoms with Gasteiger partial charge in [-0.25, -0.2) is 9.67 Å². The Labute approximate surface area is 141 Å². The number of thiophene rings is 1. The van der Waals surface area contributed by atoms with Crippen molar-refractivity contribution in [3.05, 3.63) is 64.5 Å². The first-order chi connectivity index (χ1) is 11.7. The number of hydrogen-bond donors (Lipinski definition) is 1. The summed E-state index contributed by atoms with van der Waals surface area (Å²) in [6, 6.07) is 7.60. The molecule has 0 aliphatic rings. The Bertz CT molecular complexity index is 1000. The van der Waals surface area contributed by atoms with Gasteiger partial charge in [-0.2, -0.15) is 11.3 Å². The van der Waals surface area contributed by atoms with Crippen molar-refractivity contribution in [2.45, 2.75) is 13.5 Å². The molecule has 4 heterocycles. The molecule has 0 aliphatic carbocycles. The van der Waals surface area contributed by atoms with Gasteiger partial charge in [0.05, 0.1) is 24.1 Å². The van der Waals surface area contributed by atoms with Crippen molar-refractivity contribution in [3.63, 3.8) is 0 Å². The number of hydrogen-bond acceptors (Lipinski definition) is 5. The van der Waals surface area contributed by atoms with Crippen LogP contribution in [0.3, 0.4) is 0 Å². The molecule has 0 radical (unpaired) electrons. The fourth-order valence-electron chi connectivity index (χ4n) is 2.53. The first-order valence-electron chi connectivity index (χ1n) is 7.38. The topological polar surface area (TPSA) is 77.1 Å². The predicted octanol–water partition coefficient (Wildman–Crippen LogP) is 2.21. The molecule has 1 N–H and O–H groups in total. The van der Waals surface area contributed by atoms with Crippen LogP contribution in [-0.4, -0.2) is 30.3 Å². The minimum atomic E-state index is -0.184. The molecule has 0 spiro atoms. The lowest BCUT2D eigenvalue weighted by atomic mass is 10.3. The fourth-order valence-corrected chi connectivity index (χ4v) is 3.16. The maximum absolute atomic E-state index is 12.5. The minimum absolute atomic E-state index is 0.184. The summed E-state index contributed by atoms with van der Waals surface area (Å²) < 4.78 is 3.48. The van der Waals surface area contributed by atoms with Gasteiger partial charge in [0.15, 0.2) is 0 Å². The average Bonchev–Trinajstić information content (AvgIpc) is 3.31. The van der Waals surface area contributed by atoms with Crippen LogP contribution < -0.4 is 5.32 Å². The van der Waals surface area contributed by atoms with Gasteiger partial charge in [0.2, 0.25) is 0 Å². The molecular formula is C16H14N6OS. The average molecular weight is 338 g/mol. The molecule has 4 rings (SSSR count). The summed E-state index contributed by atoms with van der Waals surface area (Å²) in [6.07, 6.45) is 3.64. The summed E-state index contributed by atoms with van der Waals surface area (Å²) in [5, 5.41) is 15.0. The SMILES string of the molecule is Cc1nc2ccccn2c1C(=O)NCc1cn(-c2ccsc2)nn1. The molecule has 0 fully saturated rings. The summed E-state index contributed by atoms with van der Waals surface area (Å²) in [5.41, 5.74) is 3.64. The molecule has 8 heteroatoms. The van der Waals surface area contributed by atoms with E-state index in [0.717, 1.165) is 11.3 Å². The molecule has 0 aromatic carbocycles. The van der Waals surface area contributed by atoms with Gasteiger partial charge in [0.25, 0.3) is 5.91 Å². The van der Waals surface area contributed by atoms with Crippen LogP contribution in [0.25, 0.3) is 11.3 Å². The summed E-state index contributed by atoms with van der Waals surface area (Å²) in [7, 11) is 0. The second-order valence-electron chi connectivity index (χ2n) is 5.29. The summed E-state index contributed by atoms with van der Waals surface area (Å²) in [5.74, 6) is -0.184. The lowest BCUT2D eigenvalue weighted by molar-refractivity contribution is 0.0944. The van der Waals surface area contributed by atoms with Gasteiger partial charge in [0, 0.05) is 11.6 Å². The largest absolute Gasteiger partial charge is 0.345 e. The molecule has 7 nitrogen and oxygen atoms in total. The number of carbonyl (C=O) groups excluding carboxylic acids is 1. The first kappa shape index (κ1) is 14.6. The Balaban J connectivity index is 1.51. The highest BCUT2D eigenvalue weighted by Gasteiger charge is 2.16. The van der Waals surface area contributed by atoms with Crippen LogP contribution in [0, 0.1) is 6.92 Å². The number of amides is 1. The number of nitrogens with one attached hydrogen (secondary N) is 1. The van der Waals surface area contributed by atoms with E-state index < -0.39 is 0 Å². The van der Waals surface area contributed by atoms with Crippen molar-refractivity contribution in [1.82, 2.24) is 29.7 Å². The molecule has 1 amide bonds. The zero-order valence-electron chi connectivity index (χ0n) is 12.9. The summed E-state index contributed by atoms with van der Waals surface area (Å²) in [6.45, 7) is 2.14. The monoisotopic (exact) mass is 338 g/mol. The maximum Gasteiger partial charge on any atom is 0.270 e. The number of pyridine rings is 1. The number of fused-ring (bicyclic) bond motifs is 1. The normalized spacial score (nSPS) is 11.0. The third kappa shape index (κ3) is 2.56. The Hall–Kier alpha value is -3.00. The molecule has 0 atom stereocenters. The Kier molecular flexibility index (Phi) is 3.58. The Morgan fingerprint density at radius 3 is 3.08 bits per heavy atom. The zero-order chi connectivity index (χ0) is 16.5. The molecule has 24 heavy (non-hydrogen) atoms. The molecule has 0 unspecified atom stereocenters. The van der Waals surface area contributed by atoms with Gasteiger partial charge in [-0.1, -0.05) is 11.3 Å². The van der Waals surface area contributed by atoms with Gasteiger partial charge in [-0.3, -0.25) is 9.20 Å². The minimum Gasteiger partial charge on any atom is -0.345 e. The van der Waals surface area contributed by atoms with Crippen molar-refractivity contribution in [1.29, 1.82) is 0 Å². The quantitative estimate of drug-likeness (QED) is 0.619. The Morgan fingerprint density at radius 2 is 2.25 bits per heavy atom. The van der Waals surface area contributed by atoms with E-state index in [-0.39, 0.29) is 5.91 Å². The number of aromatic nitrogens is 5. The molecule has 0 bridgehead atoms. The second kappa shape index (κ2) is 5.89. The standard InChI is InChI=1S/C16H14N6OS/c1-11-15(21-6-3-2-4-14(21)18-11)16(23)17-8-12-9-22(20-19-12)13-5-7-24-10-13/h2-7,9-10H,8H2,1H3,(H,17,23). The fraction of sp³-hybridized carbons (Fsp3) is 0.125. The molecule has 0 saturated heterocycles. The highest BCUT2D eigenvalue weighted by molar-refractivity contribution is 7.08. The lowest BCUT2D eigenvalue weighted by Crippen LogP contribution is -2.25. The lowest BCUT2D eigenvalue weighted by Gasteiger charge is -2.04. The zero-order valence-corrected chi connectivity index (χ0v) is 13.7. The van der Waals surface area contributed by atoms with Crippen LogP contribution in [0.4, 0.5) is 0 Å². The van der Waals surface area contributed by atoms with E-state index >= 15 is 0 Å². The molecule has 0 aliphatic heterocycles. The number of carbonyl (C=O) groups is 1. The summed E-state index contributed by atoms with van der Waals surface area (Å²) >= 11 is 1.59. The van der Waals surface area contributed by atoms with E-state index in [0.29, 0.717) is 23.6 Å². The van der Waals surface area contributed by atoms with Crippen LogP contribution in [0.15, 0.2) is 47.4 Å². The van der Waals surface area contributed by atoms with Crippen molar-refractivity contribution in [2.24, 2.45) is 0 Å². The third-order valence-electron chi connectivity index (χ3n) is 3.66. The number of nitrogens with zero attached hydrogens (tertiary/aromatic N) is 5. The van der Waals surface area contributed by atoms with Crippen molar-refractivity contribution in [2.75, 3.05) is 0 Å². The van der Waals surface area contributed by atoms with E-state index in [4.69, 9.17) is 0 Å². The molecule has 0 saturated carbocycles. The number of aryl methyl sites for hydroxylation is 1. The van der Waals surface area contributed by atoms with Crippen molar-refractivity contribution < 1.29 is 4.79 Å². The van der Waals surface area contributed by atoms with Crippen molar-refractivity contribution >= 4 is 22.9 Å². The Morgan fingerprint density at radius 1 is 1.33 bits per heavy atom. The predicted molar refractivity (Wildman–Crippen MR) is 90.3 cm³/mol. The maximum atomic E-state index is 12.5. The van der Waals surface area contributed by atoms with E-state index in [1.807, 2.05) is 54.3 Å². The van der Waals surface area contributed by atoms with Gasteiger partial charge >= 0.3 is 0 Å². The highest BCUT2D eigenvalue weighted by atomic mass is 32.1. The van der Waals surface area contributed by atoms with Gasteiger partial charge in [0.1, 0.15) is 17.0 Å². The van der Waals surface area contributed by atoms with Crippen LogP contribution in [-0.2, 0) is 6.54 Å². The number of rotatable bonds is 4. The van der Waals surface area contributed by atoms with Gasteiger partial charge in [-0.15, -0.1) is 5.10 Å². The molecule has 120 valence electrons. The van der Waals surface area contributed by atoms with Crippen LogP contribution in [0.5, 0.6) is 0 Å². The molecule has 4 aromatic heterocycles. The summed E-state index contributed by atoms with van der Waals surface area (Å²) in [4.78, 5) is 16.9. The van der Waals surface area contributed by atoms with E-state index in [2.05, 4.69) is 20.6 Å². The van der Waals surface area contributed by atoms with Crippen LogP contribution >= 0.6 is 11.3 Å². The smallest absolute Gasteiger partial charge is 0.270 e. The van der Waals surface area contributed by atoms with Gasteiger partial charge in [-0.05, 0) is 30.5 Å². The highest BCUT2D eigenvalue weighted by Crippen LogP contribution is 2.13. The number of imidazole rings is 1. The van der Waals surface area contributed by atoms with E-state index in [1.165, 1.54) is 0 Å². The van der Waals surface area contributed by atoms with Crippen molar-refractivity contribution in [3.8, 4) is 5.69 Å². The molecular weight excluding hydrogens is 324 g/mol. The van der Waals surface area contributed by atoms with Crippen LogP contribution in [0.2, 0.25) is 0 Å². The van der Waals surface area contributed by atoms with E-state index in [9.17, 15) is 4.79 Å². The van der Waals surface area contributed by atoms with Gasteiger partial charge < -0.3 is 5.32 Å². The second-order valence-corrected chi connectivity index (χ2v) is 6.07. The molecule has 4 aromatic rings. The van der Waals surface area contributed by atoms with E-state index in [1.54, 1.807) is 20.4 Å². The third-order valence-corrected chi connectivity index (χ3v) is 4.33. The first-order valence-corrected chi connectivity index (χ1v) is 8.32.